The third kappa shape index (κ3) is 2.82. The van der Waals surface area contributed by atoms with Gasteiger partial charge < -0.3 is 9.47 Å². The average Bonchev–Trinajstić information content (AvgIpc) is 2.39. The number of esters is 1. The Balaban J connectivity index is 2.20. The van der Waals surface area contributed by atoms with Crippen molar-refractivity contribution >= 4 is 5.97 Å². The fourth-order valence-electron chi connectivity index (χ4n) is 1.44. The van der Waals surface area contributed by atoms with Crippen LogP contribution in [0.5, 0.6) is 11.6 Å². The Morgan fingerprint density at radius 1 is 1.06 bits per heavy atom. The van der Waals surface area contributed by atoms with E-state index in [0.717, 1.165) is 11.3 Å². The van der Waals surface area contributed by atoms with Gasteiger partial charge in [0.05, 0.1) is 12.8 Å². The number of ether oxygens (including phenoxy) is 2. The number of hydrogen-bond donors (Lipinski definition) is 0. The Labute approximate surface area is 104 Å². The highest BCUT2D eigenvalue weighted by Crippen LogP contribution is 2.20. The van der Waals surface area contributed by atoms with E-state index in [1.807, 2.05) is 24.3 Å². The van der Waals surface area contributed by atoms with Crippen molar-refractivity contribution in [3.8, 4) is 22.9 Å². The summed E-state index contributed by atoms with van der Waals surface area (Å²) >= 11 is 0. The first-order valence-corrected chi connectivity index (χ1v) is 5.35. The number of nitrogens with zero attached hydrogens (tertiary/aromatic N) is 2. The van der Waals surface area contributed by atoms with Crippen LogP contribution in [0.2, 0.25) is 0 Å². The minimum atomic E-state index is -0.415. The topological polar surface area (TPSA) is 61.3 Å². The van der Waals surface area contributed by atoms with Gasteiger partial charge in [0.1, 0.15) is 5.75 Å². The maximum atomic E-state index is 10.7. The van der Waals surface area contributed by atoms with E-state index in [2.05, 4.69) is 10.2 Å². The van der Waals surface area contributed by atoms with Crippen LogP contribution in [0.3, 0.4) is 0 Å². The molecule has 5 nitrogen and oxygen atoms in total. The molecule has 0 fully saturated rings. The van der Waals surface area contributed by atoms with Crippen molar-refractivity contribution in [3.05, 3.63) is 36.4 Å². The summed E-state index contributed by atoms with van der Waals surface area (Å²) in [6.45, 7) is 1.32. The summed E-state index contributed by atoms with van der Waals surface area (Å²) in [5.41, 5.74) is 1.62. The van der Waals surface area contributed by atoms with Crippen molar-refractivity contribution in [2.24, 2.45) is 0 Å². The Morgan fingerprint density at radius 3 is 2.28 bits per heavy atom. The quantitative estimate of drug-likeness (QED) is 0.773. The van der Waals surface area contributed by atoms with Crippen molar-refractivity contribution in [1.82, 2.24) is 10.2 Å². The molecule has 2 rings (SSSR count). The summed E-state index contributed by atoms with van der Waals surface area (Å²) in [4.78, 5) is 10.7. The maximum absolute atomic E-state index is 10.7. The number of carbonyl (C=O) groups is 1. The fraction of sp³-hybridized carbons (Fsp3) is 0.154. The van der Waals surface area contributed by atoms with Gasteiger partial charge in [-0.05, 0) is 30.3 Å². The lowest BCUT2D eigenvalue weighted by atomic mass is 10.1. The van der Waals surface area contributed by atoms with E-state index in [4.69, 9.17) is 9.47 Å². The highest BCUT2D eigenvalue weighted by Gasteiger charge is 2.03. The number of benzene rings is 1. The van der Waals surface area contributed by atoms with Crippen LogP contribution >= 0.6 is 0 Å². The van der Waals surface area contributed by atoms with Gasteiger partial charge in [0.2, 0.25) is 5.88 Å². The second kappa shape index (κ2) is 5.27. The molecular formula is C13H12N2O3. The zero-order valence-corrected chi connectivity index (χ0v) is 10.1. The third-order valence-electron chi connectivity index (χ3n) is 2.27. The molecule has 0 saturated carbocycles. The van der Waals surface area contributed by atoms with Crippen LogP contribution in [-0.2, 0) is 4.79 Å². The Morgan fingerprint density at radius 2 is 1.78 bits per heavy atom. The Kier molecular flexibility index (Phi) is 3.52. The van der Waals surface area contributed by atoms with Gasteiger partial charge in [-0.2, -0.15) is 0 Å². The second-order valence-corrected chi connectivity index (χ2v) is 3.58. The summed E-state index contributed by atoms with van der Waals surface area (Å²) in [7, 11) is 1.61. The van der Waals surface area contributed by atoms with E-state index in [9.17, 15) is 4.79 Å². The molecule has 2 aromatic rings. The Hall–Kier alpha value is -2.43. The number of methoxy groups -OCH3 is 1. The van der Waals surface area contributed by atoms with Gasteiger partial charge in [0.25, 0.3) is 0 Å². The molecule has 0 N–H and O–H groups in total. The van der Waals surface area contributed by atoms with Crippen LogP contribution in [0.25, 0.3) is 11.3 Å². The first-order valence-electron chi connectivity index (χ1n) is 5.35. The van der Waals surface area contributed by atoms with E-state index in [0.29, 0.717) is 5.69 Å². The summed E-state index contributed by atoms with van der Waals surface area (Å²) in [6, 6.07) is 10.8. The molecule has 0 unspecified atom stereocenters. The fourth-order valence-corrected chi connectivity index (χ4v) is 1.44. The van der Waals surface area contributed by atoms with E-state index >= 15 is 0 Å². The SMILES string of the molecule is COc1ccc(-c2ccc(OC(C)=O)nn2)cc1. The minimum Gasteiger partial charge on any atom is -0.497 e. The van der Waals surface area contributed by atoms with Crippen LogP contribution in [0.15, 0.2) is 36.4 Å². The van der Waals surface area contributed by atoms with Gasteiger partial charge in [-0.1, -0.05) is 0 Å². The molecule has 1 heterocycles. The Bertz CT molecular complexity index is 535. The average molecular weight is 244 g/mol. The predicted octanol–water partition coefficient (Wildman–Crippen LogP) is 2.08. The maximum Gasteiger partial charge on any atom is 0.309 e. The van der Waals surface area contributed by atoms with E-state index in [-0.39, 0.29) is 5.88 Å². The summed E-state index contributed by atoms with van der Waals surface area (Å²) < 4.78 is 9.88. The number of hydrogen-bond acceptors (Lipinski definition) is 5. The molecule has 0 bridgehead atoms. The second-order valence-electron chi connectivity index (χ2n) is 3.58. The largest absolute Gasteiger partial charge is 0.497 e. The molecule has 5 heteroatoms. The zero-order chi connectivity index (χ0) is 13.0. The first kappa shape index (κ1) is 12.0. The van der Waals surface area contributed by atoms with Crippen molar-refractivity contribution in [3.63, 3.8) is 0 Å². The molecule has 0 amide bonds. The van der Waals surface area contributed by atoms with E-state index in [1.165, 1.54) is 6.92 Å². The highest BCUT2D eigenvalue weighted by atomic mass is 16.5. The molecular weight excluding hydrogens is 232 g/mol. The highest BCUT2D eigenvalue weighted by molar-refractivity contribution is 5.68. The molecule has 0 atom stereocenters. The first-order chi connectivity index (χ1) is 8.69. The van der Waals surface area contributed by atoms with Crippen molar-refractivity contribution in [1.29, 1.82) is 0 Å². The van der Waals surface area contributed by atoms with Crippen LogP contribution in [0.1, 0.15) is 6.92 Å². The summed E-state index contributed by atoms with van der Waals surface area (Å²) in [5.74, 6) is 0.560. The van der Waals surface area contributed by atoms with Crippen LogP contribution < -0.4 is 9.47 Å². The number of aromatic nitrogens is 2. The smallest absolute Gasteiger partial charge is 0.309 e. The molecule has 0 spiro atoms. The van der Waals surface area contributed by atoms with Crippen molar-refractivity contribution in [2.75, 3.05) is 7.11 Å². The lowest BCUT2D eigenvalue weighted by Gasteiger charge is -2.03. The van der Waals surface area contributed by atoms with Gasteiger partial charge in [-0.15, -0.1) is 10.2 Å². The van der Waals surface area contributed by atoms with Crippen molar-refractivity contribution < 1.29 is 14.3 Å². The normalized spacial score (nSPS) is 9.89. The third-order valence-corrected chi connectivity index (χ3v) is 2.27. The number of carbonyl (C=O) groups excluding carboxylic acids is 1. The van der Waals surface area contributed by atoms with E-state index < -0.39 is 5.97 Å². The summed E-state index contributed by atoms with van der Waals surface area (Å²) in [5, 5.41) is 7.80. The number of rotatable bonds is 3. The molecule has 0 aliphatic rings. The zero-order valence-electron chi connectivity index (χ0n) is 10.1. The monoisotopic (exact) mass is 244 g/mol. The molecule has 0 aliphatic carbocycles. The lowest BCUT2D eigenvalue weighted by molar-refractivity contribution is -0.132. The van der Waals surface area contributed by atoms with Crippen LogP contribution in [0, 0.1) is 0 Å². The lowest BCUT2D eigenvalue weighted by Crippen LogP contribution is -2.03. The van der Waals surface area contributed by atoms with E-state index in [1.54, 1.807) is 19.2 Å². The molecule has 18 heavy (non-hydrogen) atoms. The van der Waals surface area contributed by atoms with Gasteiger partial charge in [-0.3, -0.25) is 4.79 Å². The van der Waals surface area contributed by atoms with Gasteiger partial charge in [0, 0.05) is 18.6 Å². The van der Waals surface area contributed by atoms with Gasteiger partial charge in [0.15, 0.2) is 0 Å². The minimum absolute atomic E-state index is 0.194. The summed E-state index contributed by atoms with van der Waals surface area (Å²) in [6.07, 6.45) is 0. The molecule has 1 aromatic heterocycles. The predicted molar refractivity (Wildman–Crippen MR) is 65.3 cm³/mol. The standard InChI is InChI=1S/C13H12N2O3/c1-9(16)18-13-8-7-12(14-15-13)10-3-5-11(17-2)6-4-10/h3-8H,1-2H3. The molecule has 1 aromatic carbocycles. The molecule has 0 saturated heterocycles. The van der Waals surface area contributed by atoms with Crippen molar-refractivity contribution in [2.45, 2.75) is 6.92 Å². The van der Waals surface area contributed by atoms with Gasteiger partial charge in [-0.25, -0.2) is 0 Å². The van der Waals surface area contributed by atoms with Crippen LogP contribution in [-0.4, -0.2) is 23.3 Å². The van der Waals surface area contributed by atoms with Gasteiger partial charge >= 0.3 is 5.97 Å². The molecule has 0 radical (unpaired) electrons. The van der Waals surface area contributed by atoms with Crippen LogP contribution in [0.4, 0.5) is 0 Å². The molecule has 92 valence electrons. The molecule has 0 aliphatic heterocycles.